The fraction of sp³-hybridized carbons (Fsp3) is 0.833. The van der Waals surface area contributed by atoms with Crippen molar-refractivity contribution in [1.82, 2.24) is 9.80 Å². The van der Waals surface area contributed by atoms with Gasteiger partial charge in [0.05, 0.1) is 5.92 Å². The van der Waals surface area contributed by atoms with Crippen LogP contribution >= 0.6 is 0 Å². The van der Waals surface area contributed by atoms with Gasteiger partial charge in [-0.3, -0.25) is 4.79 Å². The van der Waals surface area contributed by atoms with Crippen LogP contribution in [-0.2, 0) is 4.79 Å². The molecular formula is C12H20N2O3. The second-order valence-corrected chi connectivity index (χ2v) is 4.98. The van der Waals surface area contributed by atoms with E-state index in [2.05, 4.69) is 0 Å². The summed E-state index contributed by atoms with van der Waals surface area (Å²) in [6.07, 6.45) is 5.81. The number of hydrogen-bond donors (Lipinski definition) is 1. The summed E-state index contributed by atoms with van der Waals surface area (Å²) in [5.41, 5.74) is 0. The van der Waals surface area contributed by atoms with Crippen LogP contribution in [0.15, 0.2) is 0 Å². The molecule has 5 nitrogen and oxygen atoms in total. The zero-order chi connectivity index (χ0) is 12.3. The minimum Gasteiger partial charge on any atom is -0.481 e. The van der Waals surface area contributed by atoms with E-state index in [1.807, 2.05) is 4.90 Å². The number of urea groups is 1. The number of carbonyl (C=O) groups excluding carboxylic acids is 1. The molecule has 0 saturated carbocycles. The van der Waals surface area contributed by atoms with Gasteiger partial charge in [0.1, 0.15) is 0 Å². The van der Waals surface area contributed by atoms with Crippen LogP contribution in [0.2, 0.25) is 0 Å². The summed E-state index contributed by atoms with van der Waals surface area (Å²) in [5, 5.41) is 8.77. The largest absolute Gasteiger partial charge is 0.481 e. The molecule has 0 aromatic carbocycles. The molecule has 2 heterocycles. The van der Waals surface area contributed by atoms with Crippen molar-refractivity contribution in [2.45, 2.75) is 32.1 Å². The molecule has 5 heteroatoms. The molecule has 0 radical (unpaired) electrons. The summed E-state index contributed by atoms with van der Waals surface area (Å²) in [6.45, 7) is 2.41. The highest BCUT2D eigenvalue weighted by atomic mass is 16.4. The van der Waals surface area contributed by atoms with Gasteiger partial charge in [-0.05, 0) is 12.8 Å². The van der Waals surface area contributed by atoms with Crippen molar-refractivity contribution in [3.05, 3.63) is 0 Å². The maximum atomic E-state index is 12.1. The Labute approximate surface area is 101 Å². The summed E-state index contributed by atoms with van der Waals surface area (Å²) >= 11 is 0. The first-order chi connectivity index (χ1) is 8.18. The Hall–Kier alpha value is -1.26. The molecule has 2 aliphatic rings. The lowest BCUT2D eigenvalue weighted by atomic mass is 10.0. The molecule has 0 aromatic rings. The van der Waals surface area contributed by atoms with E-state index in [4.69, 9.17) is 5.11 Å². The number of carboxylic acid groups (broad SMARTS) is 1. The SMILES string of the molecule is O=C(O)C1CN(C(=O)N2CCCCCCC2)C1. The highest BCUT2D eigenvalue weighted by molar-refractivity contribution is 5.79. The maximum absolute atomic E-state index is 12.1. The van der Waals surface area contributed by atoms with Gasteiger partial charge in [-0.2, -0.15) is 0 Å². The molecule has 17 heavy (non-hydrogen) atoms. The van der Waals surface area contributed by atoms with Crippen molar-refractivity contribution in [1.29, 1.82) is 0 Å². The third-order valence-corrected chi connectivity index (χ3v) is 3.63. The van der Waals surface area contributed by atoms with Gasteiger partial charge in [0, 0.05) is 26.2 Å². The Bertz CT molecular complexity index is 292. The summed E-state index contributed by atoms with van der Waals surface area (Å²) in [4.78, 5) is 26.3. The van der Waals surface area contributed by atoms with E-state index in [0.29, 0.717) is 13.1 Å². The van der Waals surface area contributed by atoms with E-state index in [1.54, 1.807) is 4.90 Å². The topological polar surface area (TPSA) is 60.9 Å². The van der Waals surface area contributed by atoms with E-state index >= 15 is 0 Å². The van der Waals surface area contributed by atoms with E-state index in [1.165, 1.54) is 19.3 Å². The molecule has 0 aromatic heterocycles. The molecule has 0 unspecified atom stereocenters. The van der Waals surface area contributed by atoms with E-state index in [9.17, 15) is 9.59 Å². The molecule has 0 aliphatic carbocycles. The van der Waals surface area contributed by atoms with Crippen LogP contribution in [-0.4, -0.2) is 53.1 Å². The number of carbonyl (C=O) groups is 2. The first kappa shape index (κ1) is 12.2. The number of likely N-dealkylation sites (tertiary alicyclic amines) is 2. The summed E-state index contributed by atoms with van der Waals surface area (Å²) in [6, 6.07) is 0.0319. The van der Waals surface area contributed by atoms with Crippen molar-refractivity contribution in [2.24, 2.45) is 5.92 Å². The maximum Gasteiger partial charge on any atom is 0.320 e. The monoisotopic (exact) mass is 240 g/mol. The average Bonchev–Trinajstić information content (AvgIpc) is 2.13. The lowest BCUT2D eigenvalue weighted by molar-refractivity contribution is -0.146. The van der Waals surface area contributed by atoms with Crippen molar-refractivity contribution < 1.29 is 14.7 Å². The smallest absolute Gasteiger partial charge is 0.320 e. The van der Waals surface area contributed by atoms with Crippen LogP contribution in [0.1, 0.15) is 32.1 Å². The number of amides is 2. The Morgan fingerprint density at radius 3 is 1.94 bits per heavy atom. The molecule has 1 N–H and O–H groups in total. The quantitative estimate of drug-likeness (QED) is 0.753. The van der Waals surface area contributed by atoms with Crippen LogP contribution in [0.25, 0.3) is 0 Å². The fourth-order valence-corrected chi connectivity index (χ4v) is 2.43. The average molecular weight is 240 g/mol. The van der Waals surface area contributed by atoms with Gasteiger partial charge in [-0.15, -0.1) is 0 Å². The van der Waals surface area contributed by atoms with E-state index in [-0.39, 0.29) is 11.9 Å². The zero-order valence-electron chi connectivity index (χ0n) is 10.1. The molecule has 2 aliphatic heterocycles. The van der Waals surface area contributed by atoms with Crippen LogP contribution in [0.4, 0.5) is 4.79 Å². The lowest BCUT2D eigenvalue weighted by Gasteiger charge is -2.40. The standard InChI is InChI=1S/C12H20N2O3/c15-11(16)10-8-14(9-10)12(17)13-6-4-2-1-3-5-7-13/h10H,1-9H2,(H,15,16). The van der Waals surface area contributed by atoms with Crippen LogP contribution in [0.3, 0.4) is 0 Å². The highest BCUT2D eigenvalue weighted by Crippen LogP contribution is 2.19. The Morgan fingerprint density at radius 2 is 1.41 bits per heavy atom. The van der Waals surface area contributed by atoms with Gasteiger partial charge in [0.2, 0.25) is 0 Å². The Kier molecular flexibility index (Phi) is 3.86. The molecule has 2 rings (SSSR count). The lowest BCUT2D eigenvalue weighted by Crippen LogP contribution is -2.57. The molecule has 2 amide bonds. The van der Waals surface area contributed by atoms with Gasteiger partial charge in [-0.25, -0.2) is 4.79 Å². The van der Waals surface area contributed by atoms with Crippen LogP contribution in [0, 0.1) is 5.92 Å². The van der Waals surface area contributed by atoms with Crippen LogP contribution < -0.4 is 0 Å². The van der Waals surface area contributed by atoms with E-state index in [0.717, 1.165) is 25.9 Å². The van der Waals surface area contributed by atoms with Gasteiger partial charge in [-0.1, -0.05) is 19.3 Å². The summed E-state index contributed by atoms with van der Waals surface area (Å²) in [5.74, 6) is -1.14. The molecule has 0 atom stereocenters. The number of carboxylic acids is 1. The predicted octanol–water partition coefficient (Wildman–Crippen LogP) is 1.39. The minimum absolute atomic E-state index is 0.0319. The van der Waals surface area contributed by atoms with Gasteiger partial charge >= 0.3 is 12.0 Å². The Morgan fingerprint density at radius 1 is 0.882 bits per heavy atom. The fourth-order valence-electron chi connectivity index (χ4n) is 2.43. The summed E-state index contributed by atoms with van der Waals surface area (Å²) in [7, 11) is 0. The predicted molar refractivity (Wildman–Crippen MR) is 62.8 cm³/mol. The molecule has 2 fully saturated rings. The minimum atomic E-state index is -0.790. The molecule has 0 spiro atoms. The first-order valence-corrected chi connectivity index (χ1v) is 6.45. The number of hydrogen-bond acceptors (Lipinski definition) is 2. The third kappa shape index (κ3) is 2.90. The number of rotatable bonds is 1. The van der Waals surface area contributed by atoms with Crippen molar-refractivity contribution in [3.63, 3.8) is 0 Å². The highest BCUT2D eigenvalue weighted by Gasteiger charge is 2.37. The second kappa shape index (κ2) is 5.38. The molecular weight excluding hydrogens is 220 g/mol. The van der Waals surface area contributed by atoms with Gasteiger partial charge < -0.3 is 14.9 Å². The first-order valence-electron chi connectivity index (χ1n) is 6.45. The third-order valence-electron chi connectivity index (χ3n) is 3.63. The second-order valence-electron chi connectivity index (χ2n) is 4.98. The molecule has 2 saturated heterocycles. The van der Waals surface area contributed by atoms with Crippen molar-refractivity contribution in [3.8, 4) is 0 Å². The molecule has 96 valence electrons. The number of nitrogens with zero attached hydrogens (tertiary/aromatic N) is 2. The Balaban J connectivity index is 1.81. The number of aliphatic carboxylic acids is 1. The van der Waals surface area contributed by atoms with E-state index < -0.39 is 5.97 Å². The zero-order valence-corrected chi connectivity index (χ0v) is 10.1. The van der Waals surface area contributed by atoms with Gasteiger partial charge in [0.25, 0.3) is 0 Å². The normalized spacial score (nSPS) is 22.6. The molecule has 0 bridgehead atoms. The van der Waals surface area contributed by atoms with Crippen molar-refractivity contribution >= 4 is 12.0 Å². The van der Waals surface area contributed by atoms with Crippen LogP contribution in [0.5, 0.6) is 0 Å². The summed E-state index contributed by atoms with van der Waals surface area (Å²) < 4.78 is 0. The van der Waals surface area contributed by atoms with Gasteiger partial charge in [0.15, 0.2) is 0 Å². The van der Waals surface area contributed by atoms with Crippen molar-refractivity contribution in [2.75, 3.05) is 26.2 Å².